The molecule has 1 saturated carbocycles. The lowest BCUT2D eigenvalue weighted by atomic mass is 9.83. The van der Waals surface area contributed by atoms with Crippen LogP contribution in [0.4, 0.5) is 4.39 Å². The highest BCUT2D eigenvalue weighted by atomic mass is 19.1. The highest BCUT2D eigenvalue weighted by molar-refractivity contribution is 5.79. The van der Waals surface area contributed by atoms with Gasteiger partial charge in [-0.25, -0.2) is 4.39 Å². The number of piperidine rings is 1. The van der Waals surface area contributed by atoms with Crippen LogP contribution in [-0.4, -0.2) is 33.4 Å². The summed E-state index contributed by atoms with van der Waals surface area (Å²) in [5.41, 5.74) is 3.14. The molecular weight excluding hydrogens is 415 g/mol. The number of carbonyl (C=O) groups excluding carboxylic acids is 1. The zero-order chi connectivity index (χ0) is 22.6. The molecule has 1 aliphatic heterocycles. The van der Waals surface area contributed by atoms with E-state index >= 15 is 0 Å². The van der Waals surface area contributed by atoms with Gasteiger partial charge in [0.1, 0.15) is 5.82 Å². The van der Waals surface area contributed by atoms with Crippen molar-refractivity contribution in [1.29, 1.82) is 0 Å². The number of carbonyl (C=O) groups is 1. The summed E-state index contributed by atoms with van der Waals surface area (Å²) in [7, 11) is 0. The molecule has 1 aliphatic carbocycles. The number of nitrogens with one attached hydrogen (secondary N) is 1. The summed E-state index contributed by atoms with van der Waals surface area (Å²) in [6.45, 7) is 2.83. The Balaban J connectivity index is 1.27. The van der Waals surface area contributed by atoms with Gasteiger partial charge in [-0.2, -0.15) is 0 Å². The lowest BCUT2D eigenvalue weighted by Gasteiger charge is -2.38. The molecule has 3 heterocycles. The molecule has 0 radical (unpaired) electrons. The zero-order valence-electron chi connectivity index (χ0n) is 18.9. The van der Waals surface area contributed by atoms with E-state index < -0.39 is 0 Å². The van der Waals surface area contributed by atoms with Gasteiger partial charge < -0.3 is 9.88 Å². The molecule has 5 rings (SSSR count). The standard InChI is InChI=1S/C27H31FN4O/c28-23-9-11-24(12-10-23)32-16-13-20(18-32)17-31-15-4-7-22(19-31)26(25-8-1-2-14-29-25)30-27(33)21-5-3-6-21/h1-2,8-14,16,18,21-22,26H,3-7,15,17,19H2,(H,30,33). The van der Waals surface area contributed by atoms with E-state index in [1.807, 2.05) is 35.2 Å². The minimum Gasteiger partial charge on any atom is -0.347 e. The van der Waals surface area contributed by atoms with E-state index in [0.29, 0.717) is 5.92 Å². The number of aromatic nitrogens is 2. The van der Waals surface area contributed by atoms with Gasteiger partial charge in [0.15, 0.2) is 0 Å². The first-order valence-electron chi connectivity index (χ1n) is 12.0. The zero-order valence-corrected chi connectivity index (χ0v) is 18.9. The largest absolute Gasteiger partial charge is 0.347 e. The molecule has 0 spiro atoms. The fourth-order valence-corrected chi connectivity index (χ4v) is 5.01. The minimum absolute atomic E-state index is 0.0501. The number of nitrogens with zero attached hydrogens (tertiary/aromatic N) is 3. The van der Waals surface area contributed by atoms with Gasteiger partial charge in [0.05, 0.1) is 11.7 Å². The molecule has 2 fully saturated rings. The number of halogens is 1. The molecule has 1 aromatic carbocycles. The molecule has 2 unspecified atom stereocenters. The van der Waals surface area contributed by atoms with Crippen molar-refractivity contribution < 1.29 is 9.18 Å². The van der Waals surface area contributed by atoms with Crippen LogP contribution in [0.5, 0.6) is 0 Å². The van der Waals surface area contributed by atoms with Crippen LogP contribution in [0.1, 0.15) is 49.4 Å². The summed E-state index contributed by atoms with van der Waals surface area (Å²) in [6.07, 6.45) is 11.3. The maximum Gasteiger partial charge on any atom is 0.223 e. The maximum absolute atomic E-state index is 13.2. The fourth-order valence-electron chi connectivity index (χ4n) is 5.01. The number of pyridine rings is 1. The molecule has 0 bridgehead atoms. The number of hydrogen-bond donors (Lipinski definition) is 1. The van der Waals surface area contributed by atoms with E-state index in [-0.39, 0.29) is 23.7 Å². The van der Waals surface area contributed by atoms with Crippen LogP contribution in [-0.2, 0) is 11.3 Å². The van der Waals surface area contributed by atoms with Crippen LogP contribution < -0.4 is 5.32 Å². The van der Waals surface area contributed by atoms with Gasteiger partial charge in [-0.3, -0.25) is 14.7 Å². The summed E-state index contributed by atoms with van der Waals surface area (Å²) in [5.74, 6) is 0.460. The molecular formula is C27H31FN4O. The highest BCUT2D eigenvalue weighted by Gasteiger charge is 2.33. The second kappa shape index (κ2) is 9.87. The SMILES string of the molecule is O=C(NC(c1ccccn1)C1CCCN(Cc2ccn(-c3ccc(F)cc3)c2)C1)C1CCC1. The first-order valence-corrected chi connectivity index (χ1v) is 12.0. The monoisotopic (exact) mass is 446 g/mol. The van der Waals surface area contributed by atoms with Gasteiger partial charge in [0.2, 0.25) is 5.91 Å². The predicted molar refractivity (Wildman–Crippen MR) is 126 cm³/mol. The summed E-state index contributed by atoms with van der Waals surface area (Å²) in [4.78, 5) is 19.9. The molecule has 6 heteroatoms. The van der Waals surface area contributed by atoms with Crippen LogP contribution in [0.2, 0.25) is 0 Å². The summed E-state index contributed by atoms with van der Waals surface area (Å²) in [6, 6.07) is 14.6. The van der Waals surface area contributed by atoms with E-state index in [1.165, 1.54) is 17.7 Å². The molecule has 2 aliphatic rings. The van der Waals surface area contributed by atoms with E-state index in [2.05, 4.69) is 27.5 Å². The number of benzene rings is 1. The first-order chi connectivity index (χ1) is 16.2. The maximum atomic E-state index is 13.2. The topological polar surface area (TPSA) is 50.2 Å². The number of rotatable bonds is 7. The number of amides is 1. The Morgan fingerprint density at radius 3 is 2.67 bits per heavy atom. The Bertz CT molecular complexity index is 1060. The fraction of sp³-hybridized carbons (Fsp3) is 0.407. The van der Waals surface area contributed by atoms with Crippen LogP contribution in [0.15, 0.2) is 67.1 Å². The van der Waals surface area contributed by atoms with Crippen molar-refractivity contribution in [3.05, 3.63) is 84.2 Å². The van der Waals surface area contributed by atoms with E-state index in [9.17, 15) is 9.18 Å². The Morgan fingerprint density at radius 1 is 1.09 bits per heavy atom. The van der Waals surface area contributed by atoms with Crippen molar-refractivity contribution in [2.75, 3.05) is 13.1 Å². The van der Waals surface area contributed by atoms with Crippen molar-refractivity contribution >= 4 is 5.91 Å². The lowest BCUT2D eigenvalue weighted by Crippen LogP contribution is -2.45. The second-order valence-electron chi connectivity index (χ2n) is 9.41. The molecule has 172 valence electrons. The van der Waals surface area contributed by atoms with Crippen molar-refractivity contribution in [2.24, 2.45) is 11.8 Å². The summed E-state index contributed by atoms with van der Waals surface area (Å²) in [5, 5.41) is 3.36. The smallest absolute Gasteiger partial charge is 0.223 e. The normalized spacial score (nSPS) is 20.2. The van der Waals surface area contributed by atoms with E-state index in [1.54, 1.807) is 12.1 Å². The van der Waals surface area contributed by atoms with Crippen LogP contribution >= 0.6 is 0 Å². The molecule has 1 saturated heterocycles. The van der Waals surface area contributed by atoms with Crippen molar-refractivity contribution in [2.45, 2.75) is 44.7 Å². The van der Waals surface area contributed by atoms with Crippen LogP contribution in [0.3, 0.4) is 0 Å². The number of likely N-dealkylation sites (tertiary alicyclic amines) is 1. The molecule has 1 N–H and O–H groups in total. The molecule has 1 amide bonds. The molecule has 3 aromatic rings. The number of hydrogen-bond acceptors (Lipinski definition) is 3. The van der Waals surface area contributed by atoms with Gasteiger partial charge >= 0.3 is 0 Å². The van der Waals surface area contributed by atoms with E-state index in [0.717, 1.165) is 63.1 Å². The lowest BCUT2D eigenvalue weighted by molar-refractivity contribution is -0.128. The molecule has 2 aromatic heterocycles. The third-order valence-corrected chi connectivity index (χ3v) is 7.08. The second-order valence-corrected chi connectivity index (χ2v) is 9.41. The van der Waals surface area contributed by atoms with E-state index in [4.69, 9.17) is 0 Å². The molecule has 33 heavy (non-hydrogen) atoms. The van der Waals surface area contributed by atoms with Crippen molar-refractivity contribution in [3.63, 3.8) is 0 Å². The first kappa shape index (κ1) is 21.8. The third-order valence-electron chi connectivity index (χ3n) is 7.08. The highest BCUT2D eigenvalue weighted by Crippen LogP contribution is 2.32. The summed E-state index contributed by atoms with van der Waals surface area (Å²) >= 11 is 0. The van der Waals surface area contributed by atoms with Gasteiger partial charge in [-0.15, -0.1) is 0 Å². The van der Waals surface area contributed by atoms with Gasteiger partial charge in [-0.05, 0) is 86.2 Å². The van der Waals surface area contributed by atoms with Crippen LogP contribution in [0, 0.1) is 17.7 Å². The Morgan fingerprint density at radius 2 is 1.94 bits per heavy atom. The predicted octanol–water partition coefficient (Wildman–Crippen LogP) is 4.88. The average Bonchev–Trinajstić information content (AvgIpc) is 3.26. The Hall–Kier alpha value is -2.99. The molecule has 2 atom stereocenters. The van der Waals surface area contributed by atoms with Gasteiger partial charge in [0.25, 0.3) is 0 Å². The molecule has 5 nitrogen and oxygen atoms in total. The summed E-state index contributed by atoms with van der Waals surface area (Å²) < 4.78 is 15.3. The average molecular weight is 447 g/mol. The van der Waals surface area contributed by atoms with Gasteiger partial charge in [-0.1, -0.05) is 12.5 Å². The van der Waals surface area contributed by atoms with Crippen molar-refractivity contribution in [1.82, 2.24) is 19.8 Å². The quantitative estimate of drug-likeness (QED) is 0.563. The van der Waals surface area contributed by atoms with Gasteiger partial charge in [0, 0.05) is 43.3 Å². The Kier molecular flexibility index (Phi) is 6.53. The Labute approximate surface area is 194 Å². The van der Waals surface area contributed by atoms with Crippen molar-refractivity contribution in [3.8, 4) is 5.69 Å². The minimum atomic E-state index is -0.225. The third kappa shape index (κ3) is 5.17. The van der Waals surface area contributed by atoms with Crippen LogP contribution in [0.25, 0.3) is 5.69 Å².